The van der Waals surface area contributed by atoms with E-state index in [0.29, 0.717) is 0 Å². The second kappa shape index (κ2) is 5.26. The number of hydrogen-bond donors (Lipinski definition) is 2. The first-order chi connectivity index (χ1) is 9.52. The highest BCUT2D eigenvalue weighted by Gasteiger charge is 2.76. The molecule has 1 unspecified atom stereocenters. The predicted molar refractivity (Wildman–Crippen MR) is 76.6 cm³/mol. The van der Waals surface area contributed by atoms with Gasteiger partial charge in [-0.2, -0.15) is 4.79 Å². The first kappa shape index (κ1) is 17.4. The average molecular weight is 298 g/mol. The molecule has 3 atom stereocenters. The van der Waals surface area contributed by atoms with E-state index in [9.17, 15) is 24.6 Å². The molecule has 1 saturated heterocycles. The highest BCUT2D eigenvalue weighted by atomic mass is 16.4. The van der Waals surface area contributed by atoms with Crippen molar-refractivity contribution in [2.45, 2.75) is 58.0 Å². The molecule has 0 aromatic heterocycles. The largest absolute Gasteiger partial charge is 0.522 e. The van der Waals surface area contributed by atoms with E-state index in [0.717, 1.165) is 0 Å². The number of allylic oxidation sites excluding steroid dienone is 1. The molecule has 0 aromatic rings. The van der Waals surface area contributed by atoms with E-state index in [1.54, 1.807) is 27.7 Å². The highest BCUT2D eigenvalue weighted by molar-refractivity contribution is 5.93. The maximum atomic E-state index is 12.9. The Balaban J connectivity index is 3.74. The van der Waals surface area contributed by atoms with Gasteiger partial charge < -0.3 is 10.2 Å². The fraction of sp³-hybridized carbons (Fsp3) is 0.667. The number of rotatable bonds is 4. The third kappa shape index (κ3) is 2.00. The molecule has 6 heteroatoms. The Morgan fingerprint density at radius 1 is 1.43 bits per heavy atom. The molecule has 1 fully saturated rings. The van der Waals surface area contributed by atoms with Crippen LogP contribution in [0.3, 0.4) is 0 Å². The molecule has 0 aliphatic carbocycles. The first-order valence-corrected chi connectivity index (χ1v) is 7.04. The molecule has 0 radical (unpaired) electrons. The Morgan fingerprint density at radius 2 is 1.95 bits per heavy atom. The van der Waals surface area contributed by atoms with Gasteiger partial charge in [0.1, 0.15) is 5.54 Å². The van der Waals surface area contributed by atoms with Gasteiger partial charge in [-0.1, -0.05) is 13.0 Å². The molecule has 0 spiro atoms. The van der Waals surface area contributed by atoms with Crippen molar-refractivity contribution in [1.29, 1.82) is 0 Å². The summed E-state index contributed by atoms with van der Waals surface area (Å²) >= 11 is 0. The van der Waals surface area contributed by atoms with Crippen LogP contribution >= 0.6 is 0 Å². The van der Waals surface area contributed by atoms with Gasteiger partial charge in [0.25, 0.3) is 0 Å². The van der Waals surface area contributed by atoms with Gasteiger partial charge in [0.2, 0.25) is 5.54 Å². The minimum Gasteiger partial charge on any atom is -0.477 e. The zero-order valence-electron chi connectivity index (χ0n) is 13.0. The van der Waals surface area contributed by atoms with Crippen LogP contribution in [0.25, 0.3) is 0 Å². The zero-order chi connectivity index (χ0) is 16.6. The van der Waals surface area contributed by atoms with Crippen LogP contribution in [0.5, 0.6) is 0 Å². The Morgan fingerprint density at radius 3 is 2.19 bits per heavy atom. The van der Waals surface area contributed by atoms with Gasteiger partial charge in [0.15, 0.2) is 0 Å². The van der Waals surface area contributed by atoms with Crippen LogP contribution in [0.1, 0.15) is 47.0 Å². The van der Waals surface area contributed by atoms with Gasteiger partial charge in [0, 0.05) is 12.8 Å². The van der Waals surface area contributed by atoms with Gasteiger partial charge in [-0.15, -0.1) is 11.1 Å². The number of carboxylic acids is 1. The number of nitrogens with zero attached hydrogens (tertiary/aromatic N) is 1. The minimum atomic E-state index is -1.64. The Bertz CT molecular complexity index is 493. The summed E-state index contributed by atoms with van der Waals surface area (Å²) in [5, 5.41) is 19.6. The monoisotopic (exact) mass is 298 g/mol. The number of imide groups is 1. The topological polar surface area (TPSA) is 91.7 Å². The lowest BCUT2D eigenvalue weighted by Crippen LogP contribution is -2.75. The quantitative estimate of drug-likeness (QED) is 0.615. The van der Waals surface area contributed by atoms with Crippen LogP contribution in [-0.4, -0.2) is 43.7 Å². The third-order valence-corrected chi connectivity index (χ3v) is 4.63. The summed E-state index contributed by atoms with van der Waals surface area (Å²) in [6.07, 6.45) is 0.522. The number of carbonyl (C=O) groups is 3. The zero-order valence-corrected chi connectivity index (χ0v) is 13.0. The van der Waals surface area contributed by atoms with E-state index in [-0.39, 0.29) is 19.3 Å². The number of carboxylic acid groups (broad SMARTS) is 2. The van der Waals surface area contributed by atoms with Crippen molar-refractivity contribution in [2.75, 3.05) is 0 Å². The lowest BCUT2D eigenvalue weighted by atomic mass is 9.84. The summed E-state index contributed by atoms with van der Waals surface area (Å²) < 4.78 is -1.07. The SMILES string of the molecule is C=CC[C@@H]1C[C@@](CC)(C(=O)O)[N+](C(=O)O)(C(C)(C)C)C1=O. The van der Waals surface area contributed by atoms with Crippen molar-refractivity contribution < 1.29 is 29.1 Å². The summed E-state index contributed by atoms with van der Waals surface area (Å²) in [5.74, 6) is -2.41. The maximum absolute atomic E-state index is 12.9. The summed E-state index contributed by atoms with van der Waals surface area (Å²) in [5.41, 5.74) is -2.71. The summed E-state index contributed by atoms with van der Waals surface area (Å²) in [6, 6.07) is 0. The van der Waals surface area contributed by atoms with Crippen molar-refractivity contribution in [1.82, 2.24) is 0 Å². The second-order valence-corrected chi connectivity index (χ2v) is 6.58. The normalized spacial score (nSPS) is 33.0. The molecule has 1 aliphatic heterocycles. The van der Waals surface area contributed by atoms with Crippen LogP contribution < -0.4 is 0 Å². The molecule has 0 saturated carbocycles. The Labute approximate surface area is 124 Å². The number of carbonyl (C=O) groups excluding carboxylic acids is 1. The fourth-order valence-electron chi connectivity index (χ4n) is 3.80. The minimum absolute atomic E-state index is 0.0211. The predicted octanol–water partition coefficient (Wildman–Crippen LogP) is 2.64. The second-order valence-electron chi connectivity index (χ2n) is 6.58. The van der Waals surface area contributed by atoms with E-state index in [1.807, 2.05) is 0 Å². The number of hydrogen-bond acceptors (Lipinski definition) is 3. The first-order valence-electron chi connectivity index (χ1n) is 7.04. The molecule has 1 rings (SSSR count). The van der Waals surface area contributed by atoms with E-state index < -0.39 is 39.4 Å². The van der Waals surface area contributed by atoms with Crippen molar-refractivity contribution in [3.05, 3.63) is 12.7 Å². The van der Waals surface area contributed by atoms with Gasteiger partial charge in [0.05, 0.1) is 5.92 Å². The fourth-order valence-corrected chi connectivity index (χ4v) is 3.80. The molecule has 118 valence electrons. The van der Waals surface area contributed by atoms with E-state index in [4.69, 9.17) is 0 Å². The van der Waals surface area contributed by atoms with Gasteiger partial charge in [-0.3, -0.25) is 0 Å². The third-order valence-electron chi connectivity index (χ3n) is 4.63. The molecular formula is C15H24NO5+. The molecule has 0 aromatic carbocycles. The summed E-state index contributed by atoms with van der Waals surface area (Å²) in [7, 11) is 0. The van der Waals surface area contributed by atoms with Crippen LogP contribution in [-0.2, 0) is 9.59 Å². The maximum Gasteiger partial charge on any atom is 0.522 e. The van der Waals surface area contributed by atoms with Crippen molar-refractivity contribution >= 4 is 18.0 Å². The molecule has 1 aliphatic rings. The van der Waals surface area contributed by atoms with E-state index in [1.165, 1.54) is 6.08 Å². The van der Waals surface area contributed by atoms with E-state index in [2.05, 4.69) is 6.58 Å². The number of aliphatic carboxylic acids is 1. The van der Waals surface area contributed by atoms with Crippen LogP contribution in [0.2, 0.25) is 0 Å². The number of amides is 2. The van der Waals surface area contributed by atoms with Crippen LogP contribution in [0.4, 0.5) is 4.79 Å². The van der Waals surface area contributed by atoms with Crippen molar-refractivity contribution in [3.63, 3.8) is 0 Å². The van der Waals surface area contributed by atoms with E-state index >= 15 is 0 Å². The molecule has 2 amide bonds. The average Bonchev–Trinajstić information content (AvgIpc) is 2.60. The molecular weight excluding hydrogens is 274 g/mol. The van der Waals surface area contributed by atoms with Crippen LogP contribution in [0, 0.1) is 5.92 Å². The summed E-state index contributed by atoms with van der Waals surface area (Å²) in [6.45, 7) is 10.0. The molecule has 6 nitrogen and oxygen atoms in total. The Hall–Kier alpha value is -1.69. The lowest BCUT2D eigenvalue weighted by molar-refractivity contribution is -0.866. The van der Waals surface area contributed by atoms with Crippen molar-refractivity contribution in [2.24, 2.45) is 5.92 Å². The molecule has 1 heterocycles. The highest BCUT2D eigenvalue weighted by Crippen LogP contribution is 2.50. The molecule has 21 heavy (non-hydrogen) atoms. The van der Waals surface area contributed by atoms with Gasteiger partial charge in [-0.25, -0.2) is 9.59 Å². The van der Waals surface area contributed by atoms with Crippen LogP contribution in [0.15, 0.2) is 12.7 Å². The molecule has 0 bridgehead atoms. The lowest BCUT2D eigenvalue weighted by Gasteiger charge is -2.47. The smallest absolute Gasteiger partial charge is 0.477 e. The molecule has 2 N–H and O–H groups in total. The van der Waals surface area contributed by atoms with Gasteiger partial charge in [-0.05, 0) is 27.2 Å². The summed E-state index contributed by atoms with van der Waals surface area (Å²) in [4.78, 5) is 36.9. The number of quaternary nitrogens is 1. The van der Waals surface area contributed by atoms with Crippen molar-refractivity contribution in [3.8, 4) is 0 Å². The van der Waals surface area contributed by atoms with Gasteiger partial charge >= 0.3 is 18.0 Å². The Kier molecular flexibility index (Phi) is 4.34. The standard InChI is InChI=1S/C15H23NO5/c1-6-8-10-9-15(7-2,12(18)19)16(11(10)17,13(20)21)14(3,4)5/h6,10H,1,7-9H2,2-5H3,(H-,18,19,20,21)/p+1/t10-,15+,16?/m1/s1. The number of likely N-dealkylation sites (tertiary alicyclic amines) is 1.